The van der Waals surface area contributed by atoms with Crippen molar-refractivity contribution in [1.29, 1.82) is 0 Å². The molecule has 2 unspecified atom stereocenters. The number of aliphatic hydroxyl groups is 1. The minimum atomic E-state index is -4.96. The van der Waals surface area contributed by atoms with Crippen LogP contribution >= 0.6 is 15.6 Å². The first kappa shape index (κ1) is 93.1. The number of phosphoric acid groups is 2. The van der Waals surface area contributed by atoms with Crippen molar-refractivity contribution in [3.05, 3.63) is 0 Å². The highest BCUT2D eigenvalue weighted by Gasteiger charge is 2.30. The third kappa shape index (κ3) is 70.3. The summed E-state index contributed by atoms with van der Waals surface area (Å²) in [5, 5.41) is 10.6. The Morgan fingerprint density at radius 2 is 0.442 bits per heavy atom. The van der Waals surface area contributed by atoms with Gasteiger partial charge in [0.25, 0.3) is 0 Å². The molecule has 0 bridgehead atoms. The average Bonchev–Trinajstić information content (AvgIpc) is 1.26. The highest BCUT2D eigenvalue weighted by Crippen LogP contribution is 2.45. The molecule has 0 rings (SSSR count). The van der Waals surface area contributed by atoms with Gasteiger partial charge in [-0.05, 0) is 49.4 Å². The Bertz CT molecular complexity index is 1870. The van der Waals surface area contributed by atoms with E-state index < -0.39 is 97.5 Å². The number of unbranched alkanes of at least 4 members (excludes halogenated alkanes) is 39. The Balaban J connectivity index is 5.16. The minimum Gasteiger partial charge on any atom is -0.462 e. The van der Waals surface area contributed by atoms with Gasteiger partial charge >= 0.3 is 39.5 Å². The summed E-state index contributed by atoms with van der Waals surface area (Å²) >= 11 is 0. The monoisotopic (exact) mass is 1400 g/mol. The van der Waals surface area contributed by atoms with Crippen LogP contribution in [0.1, 0.15) is 383 Å². The molecular weight excluding hydrogens is 1250 g/mol. The number of carbonyl (C=O) groups is 4. The maximum absolute atomic E-state index is 13.1. The SMILES string of the molecule is CC(C)CCCCCCCCCCCCCCCCCCCCC(=O)O[C@H](COC(=O)CCCCCCCCCC(C)C)COP(=O)(O)OC[C@@H](O)COP(=O)(O)OC[C@@H](COC(=O)CCCCCCCCC(C)C)OC(=O)CCCCCCCCCCCCCCC(C)C. The Kier molecular flexibility index (Phi) is 64.0. The highest BCUT2D eigenvalue weighted by atomic mass is 31.2. The Labute approximate surface area is 581 Å². The standard InChI is InChI=1S/C76H148O17P2/c1-66(2)52-44-36-28-23-19-15-13-11-9-10-12-14-16-21-25-31-42-50-58-75(80)92-71(62-86-73(78)56-48-40-33-27-30-38-46-54-68(5)6)64-90-94(82,83)88-60-70(77)61-89-95(84,85)91-65-72(63-87-74(79)57-49-41-35-34-39-47-55-69(7)8)93-76(81)59-51-43-32-26-22-18-17-20-24-29-37-45-53-67(3)4/h66-72,77H,9-65H2,1-8H3,(H,82,83)(H,84,85)/t70-,71-,72-/m1/s1. The van der Waals surface area contributed by atoms with Gasteiger partial charge < -0.3 is 33.8 Å². The van der Waals surface area contributed by atoms with Crippen molar-refractivity contribution in [3.63, 3.8) is 0 Å². The molecule has 0 amide bonds. The van der Waals surface area contributed by atoms with Gasteiger partial charge in [-0.25, -0.2) is 9.13 Å². The van der Waals surface area contributed by atoms with Crippen molar-refractivity contribution in [1.82, 2.24) is 0 Å². The molecule has 0 aliphatic heterocycles. The highest BCUT2D eigenvalue weighted by molar-refractivity contribution is 7.47. The summed E-state index contributed by atoms with van der Waals surface area (Å²) in [6.45, 7) is 14.1. The fraction of sp³-hybridized carbons (Fsp3) is 0.947. The molecule has 0 aliphatic rings. The van der Waals surface area contributed by atoms with Crippen molar-refractivity contribution in [2.24, 2.45) is 23.7 Å². The van der Waals surface area contributed by atoms with Gasteiger partial charge in [-0.15, -0.1) is 0 Å². The Hall–Kier alpha value is -1.94. The number of hydrogen-bond acceptors (Lipinski definition) is 15. The molecule has 564 valence electrons. The minimum absolute atomic E-state index is 0.105. The van der Waals surface area contributed by atoms with Gasteiger partial charge in [0.1, 0.15) is 19.3 Å². The van der Waals surface area contributed by atoms with Crippen LogP contribution in [0, 0.1) is 23.7 Å². The van der Waals surface area contributed by atoms with Crippen LogP contribution in [0.4, 0.5) is 0 Å². The van der Waals surface area contributed by atoms with E-state index in [9.17, 15) is 43.2 Å². The van der Waals surface area contributed by atoms with E-state index in [1.807, 2.05) is 0 Å². The second-order valence-corrected chi connectivity index (χ2v) is 32.2. The van der Waals surface area contributed by atoms with Crippen LogP contribution in [-0.2, 0) is 65.4 Å². The van der Waals surface area contributed by atoms with Crippen LogP contribution in [-0.4, -0.2) is 96.7 Å². The first-order chi connectivity index (χ1) is 45.6. The molecule has 17 nitrogen and oxygen atoms in total. The lowest BCUT2D eigenvalue weighted by atomic mass is 10.0. The molecule has 0 saturated carbocycles. The molecule has 0 saturated heterocycles. The average molecular weight is 1400 g/mol. The van der Waals surface area contributed by atoms with E-state index in [1.54, 1.807) is 0 Å². The van der Waals surface area contributed by atoms with E-state index in [4.69, 9.17) is 37.0 Å². The van der Waals surface area contributed by atoms with Crippen LogP contribution in [0.25, 0.3) is 0 Å². The van der Waals surface area contributed by atoms with Crippen LogP contribution in [0.15, 0.2) is 0 Å². The quantitative estimate of drug-likeness (QED) is 0.0222. The second kappa shape index (κ2) is 65.4. The fourth-order valence-electron chi connectivity index (χ4n) is 11.6. The molecule has 0 aliphatic carbocycles. The number of phosphoric ester groups is 2. The molecule has 0 radical (unpaired) electrons. The van der Waals surface area contributed by atoms with Crippen molar-refractivity contribution < 1.29 is 80.2 Å². The zero-order valence-electron chi connectivity index (χ0n) is 62.3. The van der Waals surface area contributed by atoms with Crippen LogP contribution in [0.5, 0.6) is 0 Å². The fourth-order valence-corrected chi connectivity index (χ4v) is 13.1. The zero-order chi connectivity index (χ0) is 70.3. The molecule has 0 heterocycles. The number of rotatable bonds is 73. The number of hydrogen-bond donors (Lipinski definition) is 3. The summed E-state index contributed by atoms with van der Waals surface area (Å²) in [5.74, 6) is 0.857. The van der Waals surface area contributed by atoms with Crippen molar-refractivity contribution in [2.45, 2.75) is 401 Å². The number of aliphatic hydroxyl groups excluding tert-OH is 1. The second-order valence-electron chi connectivity index (χ2n) is 29.3. The Morgan fingerprint density at radius 1 is 0.263 bits per heavy atom. The normalized spacial score (nSPS) is 14.1. The summed E-state index contributed by atoms with van der Waals surface area (Å²) in [4.78, 5) is 72.7. The maximum Gasteiger partial charge on any atom is 0.472 e. The summed E-state index contributed by atoms with van der Waals surface area (Å²) < 4.78 is 68.4. The van der Waals surface area contributed by atoms with Gasteiger partial charge in [0.2, 0.25) is 0 Å². The third-order valence-corrected chi connectivity index (χ3v) is 19.5. The van der Waals surface area contributed by atoms with Gasteiger partial charge in [-0.1, -0.05) is 331 Å². The van der Waals surface area contributed by atoms with E-state index in [0.717, 1.165) is 115 Å². The van der Waals surface area contributed by atoms with Gasteiger partial charge in [0, 0.05) is 25.7 Å². The van der Waals surface area contributed by atoms with E-state index in [1.165, 1.54) is 173 Å². The first-order valence-electron chi connectivity index (χ1n) is 39.2. The van der Waals surface area contributed by atoms with Crippen LogP contribution in [0.3, 0.4) is 0 Å². The third-order valence-electron chi connectivity index (χ3n) is 17.6. The van der Waals surface area contributed by atoms with E-state index in [-0.39, 0.29) is 25.7 Å². The number of esters is 4. The predicted octanol–water partition coefficient (Wildman–Crippen LogP) is 22.0. The summed E-state index contributed by atoms with van der Waals surface area (Å²) in [7, 11) is -9.91. The molecule has 95 heavy (non-hydrogen) atoms. The zero-order valence-corrected chi connectivity index (χ0v) is 64.1. The molecule has 0 fully saturated rings. The van der Waals surface area contributed by atoms with Crippen molar-refractivity contribution >= 4 is 39.5 Å². The first-order valence-corrected chi connectivity index (χ1v) is 42.2. The number of carbonyl (C=O) groups excluding carboxylic acids is 4. The molecule has 0 aromatic heterocycles. The Morgan fingerprint density at radius 3 is 0.653 bits per heavy atom. The summed E-state index contributed by atoms with van der Waals surface area (Å²) in [6.07, 6.45) is 50.3. The molecular formula is C76H148O17P2. The lowest BCUT2D eigenvalue weighted by molar-refractivity contribution is -0.161. The topological polar surface area (TPSA) is 237 Å². The van der Waals surface area contributed by atoms with Crippen LogP contribution < -0.4 is 0 Å². The lowest BCUT2D eigenvalue weighted by Gasteiger charge is -2.21. The smallest absolute Gasteiger partial charge is 0.462 e. The van der Waals surface area contributed by atoms with Gasteiger partial charge in [-0.3, -0.25) is 37.3 Å². The molecule has 3 N–H and O–H groups in total. The van der Waals surface area contributed by atoms with E-state index >= 15 is 0 Å². The summed E-state index contributed by atoms with van der Waals surface area (Å²) in [6, 6.07) is 0. The largest absolute Gasteiger partial charge is 0.472 e. The van der Waals surface area contributed by atoms with Crippen LogP contribution in [0.2, 0.25) is 0 Å². The van der Waals surface area contributed by atoms with E-state index in [0.29, 0.717) is 37.5 Å². The van der Waals surface area contributed by atoms with E-state index in [2.05, 4.69) is 55.4 Å². The summed E-state index contributed by atoms with van der Waals surface area (Å²) in [5.41, 5.74) is 0. The van der Waals surface area contributed by atoms with Gasteiger partial charge in [0.05, 0.1) is 26.4 Å². The van der Waals surface area contributed by atoms with Crippen molar-refractivity contribution in [3.8, 4) is 0 Å². The lowest BCUT2D eigenvalue weighted by Crippen LogP contribution is -2.30. The van der Waals surface area contributed by atoms with Crippen molar-refractivity contribution in [2.75, 3.05) is 39.6 Å². The molecule has 5 atom stereocenters. The molecule has 0 aromatic carbocycles. The van der Waals surface area contributed by atoms with Gasteiger partial charge in [-0.2, -0.15) is 0 Å². The molecule has 0 aromatic rings. The molecule has 0 spiro atoms. The molecule has 19 heteroatoms. The number of ether oxygens (including phenoxy) is 4. The predicted molar refractivity (Wildman–Crippen MR) is 386 cm³/mol. The maximum atomic E-state index is 13.1. The van der Waals surface area contributed by atoms with Gasteiger partial charge in [0.15, 0.2) is 12.2 Å².